The second-order valence-corrected chi connectivity index (χ2v) is 9.54. The van der Waals surface area contributed by atoms with Crippen molar-refractivity contribution >= 4 is 21.6 Å². The molecule has 0 aliphatic heterocycles. The van der Waals surface area contributed by atoms with Gasteiger partial charge in [0.25, 0.3) is 0 Å². The number of carbonyl (C=O) groups excluding carboxylic acids is 1. The van der Waals surface area contributed by atoms with E-state index < -0.39 is 10.0 Å². The summed E-state index contributed by atoms with van der Waals surface area (Å²) in [5.74, 6) is 0.664. The van der Waals surface area contributed by atoms with Gasteiger partial charge in [-0.05, 0) is 63.7 Å². The highest BCUT2D eigenvalue weighted by Gasteiger charge is 2.22. The largest absolute Gasteiger partial charge is 0.492 e. The average Bonchev–Trinajstić information content (AvgIpc) is 2.69. The Morgan fingerprint density at radius 3 is 2.30 bits per heavy atom. The molecule has 0 spiro atoms. The van der Waals surface area contributed by atoms with Crippen molar-refractivity contribution in [1.29, 1.82) is 0 Å². The number of sulfonamides is 1. The topological polar surface area (TPSA) is 79.0 Å². The lowest BCUT2D eigenvalue weighted by Crippen LogP contribution is -2.33. The van der Waals surface area contributed by atoms with Gasteiger partial charge in [-0.2, -0.15) is 4.31 Å². The maximum Gasteiger partial charge on any atom is 0.243 e. The minimum atomic E-state index is -3.54. The molecule has 30 heavy (non-hydrogen) atoms. The molecule has 0 radical (unpaired) electrons. The Morgan fingerprint density at radius 1 is 1.07 bits per heavy atom. The Hall–Kier alpha value is -2.42. The molecule has 8 heteroatoms. The van der Waals surface area contributed by atoms with Crippen LogP contribution < -0.4 is 10.1 Å². The minimum Gasteiger partial charge on any atom is -0.492 e. The molecule has 0 saturated carbocycles. The van der Waals surface area contributed by atoms with Crippen LogP contribution in [0.5, 0.6) is 5.75 Å². The molecule has 1 amide bonds. The van der Waals surface area contributed by atoms with Crippen molar-refractivity contribution in [3.8, 4) is 5.75 Å². The van der Waals surface area contributed by atoms with Gasteiger partial charge in [-0.3, -0.25) is 9.69 Å². The zero-order valence-corrected chi connectivity index (χ0v) is 19.1. The normalized spacial score (nSPS) is 11.9. The molecule has 1 N–H and O–H groups in total. The van der Waals surface area contributed by atoms with Gasteiger partial charge in [-0.1, -0.05) is 18.2 Å². The molecule has 0 saturated heterocycles. The molecule has 0 aliphatic rings. The monoisotopic (exact) mass is 433 g/mol. The van der Waals surface area contributed by atoms with Gasteiger partial charge < -0.3 is 10.1 Å². The summed E-state index contributed by atoms with van der Waals surface area (Å²) in [5, 5.41) is 2.79. The summed E-state index contributed by atoms with van der Waals surface area (Å²) in [6, 6.07) is 13.9. The van der Waals surface area contributed by atoms with Gasteiger partial charge in [-0.25, -0.2) is 8.42 Å². The molecule has 0 heterocycles. The van der Waals surface area contributed by atoms with Crippen LogP contribution in [0.2, 0.25) is 0 Å². The van der Waals surface area contributed by atoms with E-state index in [-0.39, 0.29) is 23.4 Å². The van der Waals surface area contributed by atoms with E-state index in [4.69, 9.17) is 4.74 Å². The number of carbonyl (C=O) groups is 1. The van der Waals surface area contributed by atoms with Crippen molar-refractivity contribution in [2.24, 2.45) is 0 Å². The summed E-state index contributed by atoms with van der Waals surface area (Å²) < 4.78 is 32.1. The molecule has 0 aromatic heterocycles. The summed E-state index contributed by atoms with van der Waals surface area (Å²) in [6.07, 6.45) is 0. The number of nitrogens with one attached hydrogen (secondary N) is 1. The van der Waals surface area contributed by atoms with E-state index in [2.05, 4.69) is 5.32 Å². The van der Waals surface area contributed by atoms with Crippen LogP contribution in [0.25, 0.3) is 0 Å². The number of anilines is 1. The summed E-state index contributed by atoms with van der Waals surface area (Å²) in [7, 11) is -0.145. The van der Waals surface area contributed by atoms with E-state index in [9.17, 15) is 13.2 Å². The molecule has 2 aromatic carbocycles. The van der Waals surface area contributed by atoms with Crippen molar-refractivity contribution in [2.45, 2.75) is 31.7 Å². The molecular formula is C22H31N3O4S. The highest BCUT2D eigenvalue weighted by molar-refractivity contribution is 7.89. The van der Waals surface area contributed by atoms with E-state index >= 15 is 0 Å². The number of ether oxygens (including phenoxy) is 1. The molecule has 0 aliphatic carbocycles. The third kappa shape index (κ3) is 6.55. The zero-order chi connectivity index (χ0) is 22.3. The SMILES string of the molecule is Cc1ccccc1OCCN(C)CC(=O)Nc1ccc(S(=O)(=O)N(C)C(C)C)cc1. The van der Waals surface area contributed by atoms with Gasteiger partial charge in [-0.15, -0.1) is 0 Å². The van der Waals surface area contributed by atoms with Crippen LogP contribution in [0.15, 0.2) is 53.4 Å². The van der Waals surface area contributed by atoms with Crippen molar-refractivity contribution in [2.75, 3.05) is 39.1 Å². The first kappa shape index (κ1) is 23.9. The fraction of sp³-hybridized carbons (Fsp3) is 0.409. The summed E-state index contributed by atoms with van der Waals surface area (Å²) in [4.78, 5) is 14.3. The molecule has 0 atom stereocenters. The second kappa shape index (κ2) is 10.6. The third-order valence-electron chi connectivity index (χ3n) is 4.78. The number of hydrogen-bond donors (Lipinski definition) is 1. The summed E-state index contributed by atoms with van der Waals surface area (Å²) in [6.45, 7) is 6.89. The third-order valence-corrected chi connectivity index (χ3v) is 6.83. The van der Waals surface area contributed by atoms with Crippen LogP contribution in [0.3, 0.4) is 0 Å². The molecule has 164 valence electrons. The van der Waals surface area contributed by atoms with Crippen molar-refractivity contribution in [3.05, 3.63) is 54.1 Å². The van der Waals surface area contributed by atoms with Gasteiger partial charge in [0.15, 0.2) is 0 Å². The minimum absolute atomic E-state index is 0.139. The van der Waals surface area contributed by atoms with Crippen LogP contribution in [0, 0.1) is 6.92 Å². The van der Waals surface area contributed by atoms with Crippen molar-refractivity contribution < 1.29 is 17.9 Å². The van der Waals surface area contributed by atoms with E-state index in [1.807, 2.05) is 57.0 Å². The predicted molar refractivity (Wildman–Crippen MR) is 119 cm³/mol. The number of benzene rings is 2. The fourth-order valence-electron chi connectivity index (χ4n) is 2.71. The zero-order valence-electron chi connectivity index (χ0n) is 18.3. The number of aryl methyl sites for hydroxylation is 1. The predicted octanol–water partition coefficient (Wildman–Crippen LogP) is 2.97. The number of nitrogens with zero attached hydrogens (tertiary/aromatic N) is 2. The Morgan fingerprint density at radius 2 is 1.70 bits per heavy atom. The molecule has 0 unspecified atom stereocenters. The van der Waals surface area contributed by atoms with E-state index in [0.29, 0.717) is 18.8 Å². The number of amides is 1. The molecule has 7 nitrogen and oxygen atoms in total. The van der Waals surface area contributed by atoms with E-state index in [1.165, 1.54) is 16.4 Å². The first-order valence-corrected chi connectivity index (χ1v) is 11.3. The number of rotatable bonds is 10. The van der Waals surface area contributed by atoms with Gasteiger partial charge in [0.1, 0.15) is 12.4 Å². The van der Waals surface area contributed by atoms with Gasteiger partial charge >= 0.3 is 0 Å². The molecule has 0 fully saturated rings. The van der Waals surface area contributed by atoms with E-state index in [0.717, 1.165) is 11.3 Å². The first-order chi connectivity index (χ1) is 14.1. The van der Waals surface area contributed by atoms with E-state index in [1.54, 1.807) is 19.2 Å². The summed E-state index contributed by atoms with van der Waals surface area (Å²) >= 11 is 0. The highest BCUT2D eigenvalue weighted by Crippen LogP contribution is 2.19. The quantitative estimate of drug-likeness (QED) is 0.623. The standard InChI is InChI=1S/C22H31N3O4S/c1-17(2)25(5)30(27,28)20-12-10-19(11-13-20)23-22(26)16-24(4)14-15-29-21-9-7-6-8-18(21)3/h6-13,17H,14-16H2,1-5H3,(H,23,26). The highest BCUT2D eigenvalue weighted by atomic mass is 32.2. The fourth-order valence-corrected chi connectivity index (χ4v) is 4.08. The molecule has 2 rings (SSSR count). The van der Waals surface area contributed by atoms with Crippen molar-refractivity contribution in [1.82, 2.24) is 9.21 Å². The Balaban J connectivity index is 1.83. The van der Waals surface area contributed by atoms with Crippen LogP contribution in [0.1, 0.15) is 19.4 Å². The smallest absolute Gasteiger partial charge is 0.243 e. The molecular weight excluding hydrogens is 402 g/mol. The number of para-hydroxylation sites is 1. The number of hydrogen-bond acceptors (Lipinski definition) is 5. The molecule has 2 aromatic rings. The Kier molecular flexibility index (Phi) is 8.40. The second-order valence-electron chi connectivity index (χ2n) is 7.54. The lowest BCUT2D eigenvalue weighted by atomic mass is 10.2. The maximum atomic E-state index is 12.5. The van der Waals surface area contributed by atoms with Gasteiger partial charge in [0, 0.05) is 25.3 Å². The Bertz CT molecular complexity index is 943. The lowest BCUT2D eigenvalue weighted by molar-refractivity contribution is -0.117. The van der Waals surface area contributed by atoms with Crippen LogP contribution in [-0.4, -0.2) is 63.4 Å². The van der Waals surface area contributed by atoms with Crippen molar-refractivity contribution in [3.63, 3.8) is 0 Å². The van der Waals surface area contributed by atoms with Crippen LogP contribution in [-0.2, 0) is 14.8 Å². The Labute approximate surface area is 179 Å². The van der Waals surface area contributed by atoms with Gasteiger partial charge in [0.2, 0.25) is 15.9 Å². The average molecular weight is 434 g/mol. The van der Waals surface area contributed by atoms with Crippen LogP contribution in [0.4, 0.5) is 5.69 Å². The number of likely N-dealkylation sites (N-methyl/N-ethyl adjacent to an activating group) is 1. The van der Waals surface area contributed by atoms with Crippen LogP contribution >= 0.6 is 0 Å². The lowest BCUT2D eigenvalue weighted by Gasteiger charge is -2.21. The molecule has 0 bridgehead atoms. The summed E-state index contributed by atoms with van der Waals surface area (Å²) in [5.41, 5.74) is 1.62. The van der Waals surface area contributed by atoms with Gasteiger partial charge in [0.05, 0.1) is 11.4 Å². The first-order valence-electron chi connectivity index (χ1n) is 9.86. The maximum absolute atomic E-state index is 12.5.